The van der Waals surface area contributed by atoms with Gasteiger partial charge in [0.25, 0.3) is 0 Å². The van der Waals surface area contributed by atoms with Crippen LogP contribution in [-0.4, -0.2) is 50.8 Å². The summed E-state index contributed by atoms with van der Waals surface area (Å²) in [4.78, 5) is 2.54. The molecule has 1 heterocycles. The molecule has 16 heavy (non-hydrogen) atoms. The zero-order chi connectivity index (χ0) is 12.0. The number of piperidine rings is 1. The normalized spacial score (nSPS) is 28.3. The molecule has 2 unspecified atom stereocenters. The van der Waals surface area contributed by atoms with Crippen molar-refractivity contribution in [1.29, 1.82) is 0 Å². The minimum Gasteiger partial charge on any atom is -0.383 e. The van der Waals surface area contributed by atoms with Crippen LogP contribution in [0.2, 0.25) is 0 Å². The van der Waals surface area contributed by atoms with Crippen molar-refractivity contribution in [2.45, 2.75) is 39.7 Å². The average molecular weight is 228 g/mol. The number of hydrogen-bond acceptors (Lipinski definition) is 3. The summed E-state index contributed by atoms with van der Waals surface area (Å²) >= 11 is 0. The van der Waals surface area contributed by atoms with Gasteiger partial charge in [-0.15, -0.1) is 0 Å². The number of likely N-dealkylation sites (N-methyl/N-ethyl adjacent to an activating group) is 1. The molecule has 0 spiro atoms. The molecular formula is C13H28N2O. The maximum absolute atomic E-state index is 5.25. The van der Waals surface area contributed by atoms with E-state index in [0.717, 1.165) is 19.7 Å². The molecule has 0 bridgehead atoms. The van der Waals surface area contributed by atoms with E-state index >= 15 is 0 Å². The lowest BCUT2D eigenvalue weighted by molar-refractivity contribution is 0.0618. The topological polar surface area (TPSA) is 24.5 Å². The van der Waals surface area contributed by atoms with Gasteiger partial charge in [0, 0.05) is 26.2 Å². The first-order valence-electron chi connectivity index (χ1n) is 6.55. The molecule has 3 nitrogen and oxygen atoms in total. The molecule has 0 saturated carbocycles. The standard InChI is InChI=1S/C13H28N2O/c1-5-15(12(2)9-16-4)11-13(3)7-6-8-14-10-13/h12,14H,5-11H2,1-4H3. The molecule has 3 heteroatoms. The molecule has 1 rings (SSSR count). The van der Waals surface area contributed by atoms with Crippen LogP contribution < -0.4 is 5.32 Å². The molecule has 0 amide bonds. The Hall–Kier alpha value is -0.120. The van der Waals surface area contributed by atoms with Crippen LogP contribution >= 0.6 is 0 Å². The van der Waals surface area contributed by atoms with Crippen LogP contribution in [-0.2, 0) is 4.74 Å². The van der Waals surface area contributed by atoms with Crippen LogP contribution in [0.4, 0.5) is 0 Å². The fraction of sp³-hybridized carbons (Fsp3) is 1.00. The van der Waals surface area contributed by atoms with E-state index < -0.39 is 0 Å². The van der Waals surface area contributed by atoms with E-state index in [1.807, 2.05) is 0 Å². The van der Waals surface area contributed by atoms with E-state index in [9.17, 15) is 0 Å². The van der Waals surface area contributed by atoms with Crippen LogP contribution in [0.1, 0.15) is 33.6 Å². The third kappa shape index (κ3) is 4.04. The van der Waals surface area contributed by atoms with Gasteiger partial charge >= 0.3 is 0 Å². The summed E-state index contributed by atoms with van der Waals surface area (Å²) in [6.07, 6.45) is 2.66. The average Bonchev–Trinajstić information content (AvgIpc) is 2.27. The maximum Gasteiger partial charge on any atom is 0.0615 e. The lowest BCUT2D eigenvalue weighted by atomic mass is 9.82. The fourth-order valence-corrected chi connectivity index (χ4v) is 2.67. The second-order valence-corrected chi connectivity index (χ2v) is 5.46. The van der Waals surface area contributed by atoms with Gasteiger partial charge in [-0.3, -0.25) is 4.90 Å². The van der Waals surface area contributed by atoms with E-state index in [1.165, 1.54) is 25.9 Å². The van der Waals surface area contributed by atoms with Crippen molar-refractivity contribution in [2.75, 3.05) is 39.9 Å². The van der Waals surface area contributed by atoms with Gasteiger partial charge in [-0.2, -0.15) is 0 Å². The van der Waals surface area contributed by atoms with Crippen molar-refractivity contribution in [3.63, 3.8) is 0 Å². The molecule has 0 radical (unpaired) electrons. The number of nitrogens with one attached hydrogen (secondary N) is 1. The monoisotopic (exact) mass is 228 g/mol. The third-order valence-corrected chi connectivity index (χ3v) is 3.71. The molecule has 0 aliphatic carbocycles. The van der Waals surface area contributed by atoms with E-state index in [4.69, 9.17) is 4.74 Å². The van der Waals surface area contributed by atoms with Gasteiger partial charge < -0.3 is 10.1 Å². The van der Waals surface area contributed by atoms with Crippen molar-refractivity contribution >= 4 is 0 Å². The van der Waals surface area contributed by atoms with E-state index in [1.54, 1.807) is 7.11 Å². The smallest absolute Gasteiger partial charge is 0.0615 e. The summed E-state index contributed by atoms with van der Waals surface area (Å²) in [7, 11) is 1.79. The molecule has 1 aliphatic heterocycles. The van der Waals surface area contributed by atoms with Crippen LogP contribution in [0.3, 0.4) is 0 Å². The Balaban J connectivity index is 2.47. The van der Waals surface area contributed by atoms with Crippen LogP contribution in [0, 0.1) is 5.41 Å². The predicted octanol–water partition coefficient (Wildman–Crippen LogP) is 1.73. The Morgan fingerprint density at radius 2 is 2.25 bits per heavy atom. The van der Waals surface area contributed by atoms with Crippen molar-refractivity contribution < 1.29 is 4.74 Å². The maximum atomic E-state index is 5.25. The molecule has 1 fully saturated rings. The Morgan fingerprint density at radius 3 is 2.75 bits per heavy atom. The van der Waals surface area contributed by atoms with Gasteiger partial charge in [-0.05, 0) is 38.3 Å². The highest BCUT2D eigenvalue weighted by atomic mass is 16.5. The first-order chi connectivity index (χ1) is 7.61. The van der Waals surface area contributed by atoms with Gasteiger partial charge in [-0.25, -0.2) is 0 Å². The summed E-state index contributed by atoms with van der Waals surface area (Å²) in [6.45, 7) is 12.4. The molecule has 2 atom stereocenters. The van der Waals surface area contributed by atoms with Gasteiger partial charge in [0.2, 0.25) is 0 Å². The Labute approximate surface area is 101 Å². The van der Waals surface area contributed by atoms with Crippen molar-refractivity contribution in [2.24, 2.45) is 5.41 Å². The molecule has 0 aromatic carbocycles. The molecular weight excluding hydrogens is 200 g/mol. The van der Waals surface area contributed by atoms with E-state index in [0.29, 0.717) is 11.5 Å². The minimum atomic E-state index is 0.441. The highest BCUT2D eigenvalue weighted by Crippen LogP contribution is 2.27. The second kappa shape index (κ2) is 6.58. The van der Waals surface area contributed by atoms with Crippen LogP contribution in [0.15, 0.2) is 0 Å². The molecule has 0 aromatic rings. The summed E-state index contributed by atoms with van der Waals surface area (Å²) in [5, 5.41) is 3.52. The lowest BCUT2D eigenvalue weighted by Crippen LogP contribution is -2.49. The predicted molar refractivity (Wildman–Crippen MR) is 68.8 cm³/mol. The first-order valence-corrected chi connectivity index (χ1v) is 6.55. The SMILES string of the molecule is CCN(CC1(C)CCCNC1)C(C)COC. The highest BCUT2D eigenvalue weighted by Gasteiger charge is 2.29. The van der Waals surface area contributed by atoms with Gasteiger partial charge in [0.1, 0.15) is 0 Å². The largest absolute Gasteiger partial charge is 0.383 e. The minimum absolute atomic E-state index is 0.441. The van der Waals surface area contributed by atoms with Gasteiger partial charge in [-0.1, -0.05) is 13.8 Å². The Morgan fingerprint density at radius 1 is 1.50 bits per heavy atom. The summed E-state index contributed by atoms with van der Waals surface area (Å²) in [5.41, 5.74) is 0.441. The zero-order valence-corrected chi connectivity index (χ0v) is 11.4. The van der Waals surface area contributed by atoms with E-state index in [-0.39, 0.29) is 0 Å². The zero-order valence-electron chi connectivity index (χ0n) is 11.4. The molecule has 96 valence electrons. The number of rotatable bonds is 6. The quantitative estimate of drug-likeness (QED) is 0.749. The Bertz CT molecular complexity index is 190. The van der Waals surface area contributed by atoms with Crippen molar-refractivity contribution in [1.82, 2.24) is 10.2 Å². The highest BCUT2D eigenvalue weighted by molar-refractivity contribution is 4.85. The number of nitrogens with zero attached hydrogens (tertiary/aromatic N) is 1. The molecule has 1 aliphatic rings. The Kier molecular flexibility index (Phi) is 5.73. The van der Waals surface area contributed by atoms with E-state index in [2.05, 4.69) is 31.0 Å². The van der Waals surface area contributed by atoms with Crippen molar-refractivity contribution in [3.8, 4) is 0 Å². The van der Waals surface area contributed by atoms with Gasteiger partial charge in [0.05, 0.1) is 6.61 Å². The second-order valence-electron chi connectivity index (χ2n) is 5.46. The van der Waals surface area contributed by atoms with Gasteiger partial charge in [0.15, 0.2) is 0 Å². The molecule has 0 aromatic heterocycles. The fourth-order valence-electron chi connectivity index (χ4n) is 2.67. The summed E-state index contributed by atoms with van der Waals surface area (Å²) < 4.78 is 5.25. The van der Waals surface area contributed by atoms with Crippen molar-refractivity contribution in [3.05, 3.63) is 0 Å². The summed E-state index contributed by atoms with van der Waals surface area (Å²) in [5.74, 6) is 0. The molecule has 1 N–H and O–H groups in total. The van der Waals surface area contributed by atoms with Crippen LogP contribution in [0.5, 0.6) is 0 Å². The number of ether oxygens (including phenoxy) is 1. The van der Waals surface area contributed by atoms with Crippen LogP contribution in [0.25, 0.3) is 0 Å². The third-order valence-electron chi connectivity index (χ3n) is 3.71. The summed E-state index contributed by atoms with van der Waals surface area (Å²) in [6, 6.07) is 0.522. The number of methoxy groups -OCH3 is 1. The lowest BCUT2D eigenvalue weighted by Gasteiger charge is -2.40. The first kappa shape index (κ1) is 13.9. The number of hydrogen-bond donors (Lipinski definition) is 1. The molecule has 1 saturated heterocycles.